The highest BCUT2D eigenvalue weighted by molar-refractivity contribution is 5.95. The molecule has 1 aliphatic rings. The molecule has 0 saturated carbocycles. The van der Waals surface area contributed by atoms with Crippen LogP contribution in [0.15, 0.2) is 36.4 Å². The van der Waals surface area contributed by atoms with Crippen LogP contribution in [-0.2, 0) is 9.59 Å². The largest absolute Gasteiger partial charge is 0.481 e. The van der Waals surface area contributed by atoms with Crippen LogP contribution in [0.2, 0.25) is 0 Å². The summed E-state index contributed by atoms with van der Waals surface area (Å²) >= 11 is 0. The van der Waals surface area contributed by atoms with Crippen LogP contribution >= 0.6 is 0 Å². The number of carbonyl (C=O) groups is 2. The molecule has 21 heavy (non-hydrogen) atoms. The molecule has 0 fully saturated rings. The molecular weight excluding hydrogens is 266 g/mol. The molecule has 1 aromatic rings. The second-order valence-electron chi connectivity index (χ2n) is 5.76. The van der Waals surface area contributed by atoms with Crippen LogP contribution in [0.1, 0.15) is 38.2 Å². The number of allylic oxidation sites excluding steroid dienone is 2. The maximum atomic E-state index is 12.4. The quantitative estimate of drug-likeness (QED) is 0.834. The molecule has 0 saturated heterocycles. The Morgan fingerprint density at radius 3 is 2.48 bits per heavy atom. The molecule has 0 spiro atoms. The van der Waals surface area contributed by atoms with E-state index < -0.39 is 17.8 Å². The zero-order valence-electron chi connectivity index (χ0n) is 12.4. The molecular formula is C17H21NO3. The van der Waals surface area contributed by atoms with E-state index in [0.717, 1.165) is 11.3 Å². The summed E-state index contributed by atoms with van der Waals surface area (Å²) in [5.74, 6) is -1.88. The second-order valence-corrected chi connectivity index (χ2v) is 5.76. The van der Waals surface area contributed by atoms with Gasteiger partial charge in [-0.2, -0.15) is 0 Å². The summed E-state index contributed by atoms with van der Waals surface area (Å²) < 4.78 is 0. The highest BCUT2D eigenvalue weighted by Gasteiger charge is 2.33. The van der Waals surface area contributed by atoms with Gasteiger partial charge >= 0.3 is 5.97 Å². The Morgan fingerprint density at radius 2 is 1.86 bits per heavy atom. The molecule has 4 nitrogen and oxygen atoms in total. The Bertz CT molecular complexity index is 563. The first-order chi connectivity index (χ1) is 9.99. The fraction of sp³-hybridized carbons (Fsp3) is 0.412. The highest BCUT2D eigenvalue weighted by atomic mass is 16.4. The summed E-state index contributed by atoms with van der Waals surface area (Å²) in [5, 5.41) is 12.1. The number of carboxylic acid groups (broad SMARTS) is 1. The molecule has 1 amide bonds. The van der Waals surface area contributed by atoms with Crippen molar-refractivity contribution in [3.05, 3.63) is 42.0 Å². The molecule has 2 atom stereocenters. The van der Waals surface area contributed by atoms with E-state index in [1.807, 2.05) is 36.4 Å². The topological polar surface area (TPSA) is 66.4 Å². The van der Waals surface area contributed by atoms with E-state index >= 15 is 0 Å². The van der Waals surface area contributed by atoms with Gasteiger partial charge in [0.15, 0.2) is 0 Å². The van der Waals surface area contributed by atoms with Crippen molar-refractivity contribution < 1.29 is 14.7 Å². The lowest BCUT2D eigenvalue weighted by Crippen LogP contribution is -2.34. The zero-order chi connectivity index (χ0) is 15.4. The molecule has 0 heterocycles. The number of aliphatic carboxylic acids is 1. The van der Waals surface area contributed by atoms with Crippen LogP contribution in [0, 0.1) is 11.8 Å². The van der Waals surface area contributed by atoms with E-state index in [0.29, 0.717) is 18.8 Å². The molecule has 4 heteroatoms. The van der Waals surface area contributed by atoms with Crippen molar-refractivity contribution in [2.75, 3.05) is 5.32 Å². The van der Waals surface area contributed by atoms with E-state index in [2.05, 4.69) is 19.2 Å². The molecule has 0 aliphatic heterocycles. The third-order valence-corrected chi connectivity index (χ3v) is 3.91. The lowest BCUT2D eigenvalue weighted by Gasteiger charge is -2.24. The number of amides is 1. The van der Waals surface area contributed by atoms with Gasteiger partial charge in [0, 0.05) is 5.69 Å². The number of rotatable bonds is 4. The first-order valence-corrected chi connectivity index (χ1v) is 7.27. The maximum absolute atomic E-state index is 12.4. The predicted octanol–water partition coefficient (Wildman–Crippen LogP) is 3.42. The third-order valence-electron chi connectivity index (χ3n) is 3.91. The Balaban J connectivity index is 2.11. The van der Waals surface area contributed by atoms with Crippen LogP contribution < -0.4 is 5.32 Å². The molecule has 0 unspecified atom stereocenters. The minimum Gasteiger partial charge on any atom is -0.481 e. The first-order valence-electron chi connectivity index (χ1n) is 7.27. The number of carbonyl (C=O) groups excluding carboxylic acids is 1. The molecule has 0 aromatic heterocycles. The van der Waals surface area contributed by atoms with Crippen molar-refractivity contribution in [3.8, 4) is 0 Å². The summed E-state index contributed by atoms with van der Waals surface area (Å²) in [7, 11) is 0. The molecule has 112 valence electrons. The van der Waals surface area contributed by atoms with Crippen molar-refractivity contribution in [3.63, 3.8) is 0 Å². The zero-order valence-corrected chi connectivity index (χ0v) is 12.4. The van der Waals surface area contributed by atoms with Gasteiger partial charge in [0.25, 0.3) is 0 Å². The average molecular weight is 287 g/mol. The first kappa shape index (κ1) is 15.3. The maximum Gasteiger partial charge on any atom is 0.307 e. The third kappa shape index (κ3) is 3.72. The minimum atomic E-state index is -0.907. The Kier molecular flexibility index (Phi) is 4.78. The Labute approximate surface area is 124 Å². The standard InChI is InChI=1S/C17H21NO3/c1-11(2)12-6-5-7-13(10-12)18-16(19)14-8-3-4-9-15(14)17(20)21/h3-7,10-11,14-15H,8-9H2,1-2H3,(H,18,19)(H,20,21)/t14-,15-/m1/s1. The molecule has 0 radical (unpaired) electrons. The number of benzene rings is 1. The van der Waals surface area contributed by atoms with E-state index in [1.165, 1.54) is 0 Å². The normalized spacial score (nSPS) is 21.3. The summed E-state index contributed by atoms with van der Waals surface area (Å²) in [6.07, 6.45) is 4.61. The van der Waals surface area contributed by atoms with Gasteiger partial charge in [-0.05, 0) is 36.5 Å². The van der Waals surface area contributed by atoms with Crippen molar-refractivity contribution in [2.24, 2.45) is 11.8 Å². The highest BCUT2D eigenvalue weighted by Crippen LogP contribution is 2.27. The van der Waals surface area contributed by atoms with Gasteiger partial charge in [0.05, 0.1) is 11.8 Å². The summed E-state index contributed by atoms with van der Waals surface area (Å²) in [6.45, 7) is 4.18. The number of carboxylic acids is 1. The van der Waals surface area contributed by atoms with E-state index in [1.54, 1.807) is 0 Å². The van der Waals surface area contributed by atoms with Gasteiger partial charge in [0.1, 0.15) is 0 Å². The number of anilines is 1. The fourth-order valence-corrected chi connectivity index (χ4v) is 2.59. The lowest BCUT2D eigenvalue weighted by molar-refractivity contribution is -0.146. The second kappa shape index (κ2) is 6.57. The Hall–Kier alpha value is -2.10. The molecule has 2 rings (SSSR count). The van der Waals surface area contributed by atoms with Crippen molar-refractivity contribution in [1.29, 1.82) is 0 Å². The molecule has 1 aromatic carbocycles. The van der Waals surface area contributed by atoms with E-state index in [4.69, 9.17) is 0 Å². The van der Waals surface area contributed by atoms with Crippen molar-refractivity contribution in [2.45, 2.75) is 32.6 Å². The van der Waals surface area contributed by atoms with Crippen LogP contribution in [0.25, 0.3) is 0 Å². The van der Waals surface area contributed by atoms with Crippen LogP contribution in [-0.4, -0.2) is 17.0 Å². The van der Waals surface area contributed by atoms with Crippen LogP contribution in [0.5, 0.6) is 0 Å². The number of hydrogen-bond donors (Lipinski definition) is 2. The van der Waals surface area contributed by atoms with Gasteiger partial charge in [-0.25, -0.2) is 0 Å². The minimum absolute atomic E-state index is 0.215. The lowest BCUT2D eigenvalue weighted by atomic mass is 9.82. The SMILES string of the molecule is CC(C)c1cccc(NC(=O)[C@@H]2CC=CC[C@H]2C(=O)O)c1. The average Bonchev–Trinajstić information content (AvgIpc) is 2.47. The van der Waals surface area contributed by atoms with Crippen molar-refractivity contribution >= 4 is 17.6 Å². The smallest absolute Gasteiger partial charge is 0.307 e. The molecule has 0 bridgehead atoms. The summed E-state index contributed by atoms with van der Waals surface area (Å²) in [5.41, 5.74) is 1.87. The Morgan fingerprint density at radius 1 is 1.19 bits per heavy atom. The van der Waals surface area contributed by atoms with E-state index in [9.17, 15) is 14.7 Å². The van der Waals surface area contributed by atoms with Gasteiger partial charge in [-0.15, -0.1) is 0 Å². The van der Waals surface area contributed by atoms with Crippen molar-refractivity contribution in [1.82, 2.24) is 0 Å². The van der Waals surface area contributed by atoms with Gasteiger partial charge in [-0.3, -0.25) is 9.59 Å². The summed E-state index contributed by atoms with van der Waals surface area (Å²) in [6, 6.07) is 7.69. The monoisotopic (exact) mass is 287 g/mol. The van der Waals surface area contributed by atoms with Gasteiger partial charge in [-0.1, -0.05) is 38.1 Å². The van der Waals surface area contributed by atoms with Gasteiger partial charge < -0.3 is 10.4 Å². The number of nitrogens with one attached hydrogen (secondary N) is 1. The molecule has 2 N–H and O–H groups in total. The van der Waals surface area contributed by atoms with E-state index in [-0.39, 0.29) is 5.91 Å². The van der Waals surface area contributed by atoms with Crippen LogP contribution in [0.4, 0.5) is 5.69 Å². The number of hydrogen-bond acceptors (Lipinski definition) is 2. The molecule has 1 aliphatic carbocycles. The fourth-order valence-electron chi connectivity index (χ4n) is 2.59. The van der Waals surface area contributed by atoms with Gasteiger partial charge in [0.2, 0.25) is 5.91 Å². The predicted molar refractivity (Wildman–Crippen MR) is 82.2 cm³/mol. The van der Waals surface area contributed by atoms with Crippen LogP contribution in [0.3, 0.4) is 0 Å². The summed E-state index contributed by atoms with van der Waals surface area (Å²) in [4.78, 5) is 23.6.